The zero-order valence-corrected chi connectivity index (χ0v) is 10.5. The summed E-state index contributed by atoms with van der Waals surface area (Å²) >= 11 is 0. The second-order valence-electron chi connectivity index (χ2n) is 4.24. The Bertz CT molecular complexity index is 375. The lowest BCUT2D eigenvalue weighted by Gasteiger charge is -2.09. The minimum Gasteiger partial charge on any atom is -0.370 e. The Labute approximate surface area is 107 Å². The lowest BCUT2D eigenvalue weighted by atomic mass is 10.0. The number of carbonyl (C=O) groups is 2. The first-order valence-corrected chi connectivity index (χ1v) is 5.92. The molecular weight excluding hydrogens is 232 g/mol. The van der Waals surface area contributed by atoms with Crippen LogP contribution in [0.1, 0.15) is 19.8 Å². The van der Waals surface area contributed by atoms with E-state index in [-0.39, 0.29) is 17.7 Å². The molecule has 6 nitrogen and oxygen atoms in total. The van der Waals surface area contributed by atoms with E-state index < -0.39 is 0 Å². The van der Waals surface area contributed by atoms with Crippen LogP contribution >= 0.6 is 0 Å². The maximum Gasteiger partial charge on any atom is 0.221 e. The number of primary amides is 1. The van der Waals surface area contributed by atoms with Crippen LogP contribution in [0.25, 0.3) is 0 Å². The molecule has 0 aliphatic carbocycles. The molecule has 0 unspecified atom stereocenters. The molecule has 1 atom stereocenters. The van der Waals surface area contributed by atoms with E-state index in [9.17, 15) is 9.59 Å². The fraction of sp³-hybridized carbons (Fsp3) is 0.500. The highest BCUT2D eigenvalue weighted by molar-refractivity contribution is 5.76. The van der Waals surface area contributed by atoms with Crippen molar-refractivity contribution in [1.29, 1.82) is 0 Å². The molecule has 1 radical (unpaired) electrons. The summed E-state index contributed by atoms with van der Waals surface area (Å²) in [7, 11) is 0. The SMILES string of the molecule is C[C@@H]([CH]CNC(=O)CCn1ccnc1)CC(N)=O. The number of nitrogens with two attached hydrogens (primary N) is 1. The summed E-state index contributed by atoms with van der Waals surface area (Å²) in [5.41, 5.74) is 5.07. The Morgan fingerprint density at radius 3 is 2.94 bits per heavy atom. The summed E-state index contributed by atoms with van der Waals surface area (Å²) in [5.74, 6) is -0.271. The molecule has 0 aliphatic rings. The van der Waals surface area contributed by atoms with Crippen LogP contribution < -0.4 is 11.1 Å². The fourth-order valence-electron chi connectivity index (χ4n) is 1.51. The summed E-state index contributed by atoms with van der Waals surface area (Å²) < 4.78 is 1.85. The highest BCUT2D eigenvalue weighted by Crippen LogP contribution is 2.03. The summed E-state index contributed by atoms with van der Waals surface area (Å²) in [4.78, 5) is 26.0. The van der Waals surface area contributed by atoms with Crippen molar-refractivity contribution in [2.24, 2.45) is 11.7 Å². The van der Waals surface area contributed by atoms with Crippen molar-refractivity contribution in [1.82, 2.24) is 14.9 Å². The number of aryl methyl sites for hydroxylation is 1. The Morgan fingerprint density at radius 2 is 2.33 bits per heavy atom. The predicted octanol–water partition coefficient (Wildman–Crippen LogP) is 0.105. The Morgan fingerprint density at radius 1 is 1.56 bits per heavy atom. The standard InChI is InChI=1S/C12H19N4O2/c1-10(8-11(13)17)2-4-15-12(18)3-6-16-7-5-14-9-16/h2,5,7,9-10H,3-4,6,8H2,1H3,(H2,13,17)(H,15,18)/t10-/m0/s1. The minimum atomic E-state index is -0.329. The van der Waals surface area contributed by atoms with Gasteiger partial charge in [-0.15, -0.1) is 0 Å². The molecule has 1 aromatic rings. The van der Waals surface area contributed by atoms with Crippen LogP contribution in [0.4, 0.5) is 0 Å². The van der Waals surface area contributed by atoms with Gasteiger partial charge in [0, 0.05) is 38.3 Å². The van der Waals surface area contributed by atoms with Gasteiger partial charge in [-0.25, -0.2) is 4.98 Å². The monoisotopic (exact) mass is 251 g/mol. The first kappa shape index (κ1) is 14.2. The number of amides is 2. The minimum absolute atomic E-state index is 0.0220. The molecule has 2 amide bonds. The quantitative estimate of drug-likeness (QED) is 0.687. The molecule has 1 rings (SSSR count). The van der Waals surface area contributed by atoms with Crippen LogP contribution in [0.3, 0.4) is 0 Å². The lowest BCUT2D eigenvalue weighted by molar-refractivity contribution is -0.121. The van der Waals surface area contributed by atoms with E-state index >= 15 is 0 Å². The summed E-state index contributed by atoms with van der Waals surface area (Å²) in [6, 6.07) is 0. The van der Waals surface area contributed by atoms with Crippen LogP contribution in [0.15, 0.2) is 18.7 Å². The van der Waals surface area contributed by atoms with E-state index in [1.54, 1.807) is 12.5 Å². The number of hydrogen-bond donors (Lipinski definition) is 2. The van der Waals surface area contributed by atoms with E-state index in [1.165, 1.54) is 0 Å². The van der Waals surface area contributed by atoms with Crippen molar-refractivity contribution in [2.45, 2.75) is 26.3 Å². The average Bonchev–Trinajstić information content (AvgIpc) is 2.78. The van der Waals surface area contributed by atoms with E-state index in [4.69, 9.17) is 5.73 Å². The van der Waals surface area contributed by atoms with Crippen LogP contribution in [0.5, 0.6) is 0 Å². The molecule has 0 spiro atoms. The normalized spacial score (nSPS) is 12.1. The topological polar surface area (TPSA) is 90.0 Å². The van der Waals surface area contributed by atoms with Gasteiger partial charge >= 0.3 is 0 Å². The largest absolute Gasteiger partial charge is 0.370 e. The fourth-order valence-corrected chi connectivity index (χ4v) is 1.51. The second kappa shape index (κ2) is 7.47. The number of aromatic nitrogens is 2. The van der Waals surface area contributed by atoms with Crippen molar-refractivity contribution >= 4 is 11.8 Å². The third-order valence-corrected chi connectivity index (χ3v) is 2.50. The third-order valence-electron chi connectivity index (χ3n) is 2.50. The first-order valence-electron chi connectivity index (χ1n) is 5.92. The van der Waals surface area contributed by atoms with Gasteiger partial charge in [-0.1, -0.05) is 6.92 Å². The molecular formula is C12H19N4O2. The van der Waals surface area contributed by atoms with Gasteiger partial charge in [0.15, 0.2) is 0 Å². The van der Waals surface area contributed by atoms with Gasteiger partial charge in [-0.2, -0.15) is 0 Å². The summed E-state index contributed by atoms with van der Waals surface area (Å²) in [6.45, 7) is 2.96. The molecule has 0 saturated carbocycles. The van der Waals surface area contributed by atoms with Crippen molar-refractivity contribution < 1.29 is 9.59 Å². The zero-order chi connectivity index (χ0) is 13.4. The number of rotatable bonds is 8. The highest BCUT2D eigenvalue weighted by Gasteiger charge is 2.07. The van der Waals surface area contributed by atoms with Crippen LogP contribution in [-0.4, -0.2) is 27.9 Å². The number of carbonyl (C=O) groups excluding carboxylic acids is 2. The van der Waals surface area contributed by atoms with Gasteiger partial charge in [0.1, 0.15) is 0 Å². The molecule has 6 heteroatoms. The molecule has 99 valence electrons. The molecule has 0 aromatic carbocycles. The number of nitrogens with one attached hydrogen (secondary N) is 1. The van der Waals surface area contributed by atoms with E-state index in [2.05, 4.69) is 10.3 Å². The molecule has 0 fully saturated rings. The van der Waals surface area contributed by atoms with Crippen molar-refractivity contribution in [3.63, 3.8) is 0 Å². The lowest BCUT2D eigenvalue weighted by Crippen LogP contribution is -2.27. The molecule has 1 heterocycles. The molecule has 18 heavy (non-hydrogen) atoms. The Balaban J connectivity index is 2.08. The molecule has 1 aromatic heterocycles. The molecule has 0 aliphatic heterocycles. The highest BCUT2D eigenvalue weighted by atomic mass is 16.1. The van der Waals surface area contributed by atoms with Gasteiger partial charge in [-0.3, -0.25) is 9.59 Å². The van der Waals surface area contributed by atoms with Gasteiger partial charge in [-0.05, 0) is 12.3 Å². The van der Waals surface area contributed by atoms with Crippen LogP contribution in [0, 0.1) is 12.3 Å². The number of imidazole rings is 1. The smallest absolute Gasteiger partial charge is 0.221 e. The average molecular weight is 251 g/mol. The van der Waals surface area contributed by atoms with E-state index in [1.807, 2.05) is 24.1 Å². The van der Waals surface area contributed by atoms with Gasteiger partial charge in [0.2, 0.25) is 11.8 Å². The molecule has 0 saturated heterocycles. The van der Waals surface area contributed by atoms with Gasteiger partial charge in [0.05, 0.1) is 6.33 Å². The number of nitrogens with zero attached hydrogens (tertiary/aromatic N) is 2. The van der Waals surface area contributed by atoms with Crippen LogP contribution in [0.2, 0.25) is 0 Å². The van der Waals surface area contributed by atoms with Gasteiger partial charge < -0.3 is 15.6 Å². The van der Waals surface area contributed by atoms with Crippen molar-refractivity contribution in [3.8, 4) is 0 Å². The molecule has 3 N–H and O–H groups in total. The Kier molecular flexibility index (Phi) is 5.90. The summed E-state index contributed by atoms with van der Waals surface area (Å²) in [6.07, 6.45) is 7.76. The van der Waals surface area contributed by atoms with Crippen LogP contribution in [-0.2, 0) is 16.1 Å². The summed E-state index contributed by atoms with van der Waals surface area (Å²) in [5, 5.41) is 2.77. The maximum atomic E-state index is 11.5. The van der Waals surface area contributed by atoms with E-state index in [0.717, 1.165) is 0 Å². The number of hydrogen-bond acceptors (Lipinski definition) is 3. The van der Waals surface area contributed by atoms with Gasteiger partial charge in [0.25, 0.3) is 0 Å². The first-order chi connectivity index (χ1) is 8.58. The maximum absolute atomic E-state index is 11.5. The van der Waals surface area contributed by atoms with E-state index in [0.29, 0.717) is 25.9 Å². The van der Waals surface area contributed by atoms with Crippen molar-refractivity contribution in [3.05, 3.63) is 25.1 Å². The predicted molar refractivity (Wildman–Crippen MR) is 67.1 cm³/mol. The van der Waals surface area contributed by atoms with Crippen molar-refractivity contribution in [2.75, 3.05) is 6.54 Å². The zero-order valence-electron chi connectivity index (χ0n) is 10.5. The second-order valence-corrected chi connectivity index (χ2v) is 4.24. The Hall–Kier alpha value is -1.85. The third kappa shape index (κ3) is 6.03. The molecule has 0 bridgehead atoms.